The standard InChI is InChI=1S/C16H29NO.C12H18O.C7H8/c1-7-9-12(3)16(13(4)17-6)11-15(10-8-2)14(5)18;1-4-10(2)9-11-5-7-12(13-3)8-6-11;1-7-5-3-2-4-6-7/h15H,7-11H2,1-6H3;5-8,10H,4,9H2,1-3H3;2-6H,1H3/b16-12-,17-13?;;. The van der Waals surface area contributed by atoms with Crippen molar-refractivity contribution < 1.29 is 9.53 Å². The van der Waals surface area contributed by atoms with Gasteiger partial charge in [-0.2, -0.15) is 0 Å². The summed E-state index contributed by atoms with van der Waals surface area (Å²) >= 11 is 0. The van der Waals surface area contributed by atoms with E-state index in [-0.39, 0.29) is 5.92 Å². The summed E-state index contributed by atoms with van der Waals surface area (Å²) in [7, 11) is 3.53. The molecular formula is C35H55NO2. The number of aryl methyl sites for hydroxylation is 1. The van der Waals surface area contributed by atoms with E-state index < -0.39 is 0 Å². The highest BCUT2D eigenvalue weighted by molar-refractivity contribution is 5.99. The predicted octanol–water partition coefficient (Wildman–Crippen LogP) is 9.87. The second kappa shape index (κ2) is 21.3. The van der Waals surface area contributed by atoms with Gasteiger partial charge in [0.05, 0.1) is 7.11 Å². The van der Waals surface area contributed by atoms with Crippen LogP contribution in [-0.2, 0) is 11.2 Å². The van der Waals surface area contributed by atoms with Crippen molar-refractivity contribution in [1.29, 1.82) is 0 Å². The molecule has 0 aliphatic rings. The van der Waals surface area contributed by atoms with E-state index in [1.54, 1.807) is 14.0 Å². The third kappa shape index (κ3) is 15.5. The Morgan fingerprint density at radius 2 is 1.53 bits per heavy atom. The highest BCUT2D eigenvalue weighted by Gasteiger charge is 2.18. The van der Waals surface area contributed by atoms with Crippen LogP contribution in [-0.4, -0.2) is 25.7 Å². The van der Waals surface area contributed by atoms with Gasteiger partial charge < -0.3 is 4.74 Å². The maximum Gasteiger partial charge on any atom is 0.133 e. The van der Waals surface area contributed by atoms with E-state index in [1.165, 1.54) is 35.1 Å². The average molecular weight is 522 g/mol. The minimum absolute atomic E-state index is 0.161. The van der Waals surface area contributed by atoms with E-state index in [2.05, 4.69) is 77.7 Å². The maximum absolute atomic E-state index is 11.7. The second-order valence-corrected chi connectivity index (χ2v) is 10.3. The quantitative estimate of drug-likeness (QED) is 0.261. The Labute approximate surface area is 234 Å². The lowest BCUT2D eigenvalue weighted by Crippen LogP contribution is -2.15. The molecule has 0 heterocycles. The highest BCUT2D eigenvalue weighted by Crippen LogP contribution is 2.24. The van der Waals surface area contributed by atoms with Crippen LogP contribution in [0.5, 0.6) is 5.75 Å². The first-order valence-electron chi connectivity index (χ1n) is 14.4. The molecular weight excluding hydrogens is 466 g/mol. The number of aliphatic imine (C=N–C) groups is 1. The molecule has 0 radical (unpaired) electrons. The molecule has 2 aromatic carbocycles. The fourth-order valence-electron chi connectivity index (χ4n) is 4.18. The van der Waals surface area contributed by atoms with Crippen molar-refractivity contribution in [2.45, 2.75) is 100 Å². The highest BCUT2D eigenvalue weighted by atomic mass is 16.5. The molecule has 0 saturated heterocycles. The second-order valence-electron chi connectivity index (χ2n) is 10.3. The number of allylic oxidation sites excluding steroid dienone is 2. The van der Waals surface area contributed by atoms with E-state index in [1.807, 2.05) is 37.4 Å². The molecule has 3 heteroatoms. The minimum atomic E-state index is 0.161. The van der Waals surface area contributed by atoms with Crippen LogP contribution in [0.1, 0.15) is 98.1 Å². The molecule has 0 N–H and O–H groups in total. The molecule has 2 aromatic rings. The topological polar surface area (TPSA) is 38.7 Å². The summed E-state index contributed by atoms with van der Waals surface area (Å²) in [4.78, 5) is 16.0. The van der Waals surface area contributed by atoms with Crippen LogP contribution in [0.15, 0.2) is 70.7 Å². The van der Waals surface area contributed by atoms with E-state index >= 15 is 0 Å². The Morgan fingerprint density at radius 3 is 1.92 bits per heavy atom. The third-order valence-corrected chi connectivity index (χ3v) is 6.96. The molecule has 0 saturated carbocycles. The molecule has 2 unspecified atom stereocenters. The maximum atomic E-state index is 11.7. The molecule has 0 bridgehead atoms. The van der Waals surface area contributed by atoms with Crippen LogP contribution in [0, 0.1) is 18.8 Å². The predicted molar refractivity (Wildman–Crippen MR) is 168 cm³/mol. The Balaban J connectivity index is 0.000000590. The lowest BCUT2D eigenvalue weighted by Gasteiger charge is -2.18. The first-order chi connectivity index (χ1) is 18.1. The zero-order valence-corrected chi connectivity index (χ0v) is 26.1. The zero-order valence-electron chi connectivity index (χ0n) is 26.1. The number of carbonyl (C=O) groups is 1. The van der Waals surface area contributed by atoms with E-state index in [0.29, 0.717) is 5.78 Å². The van der Waals surface area contributed by atoms with Crippen LogP contribution < -0.4 is 4.74 Å². The normalized spacial score (nSPS) is 13.2. The van der Waals surface area contributed by atoms with Gasteiger partial charge in [-0.15, -0.1) is 0 Å². The summed E-state index contributed by atoms with van der Waals surface area (Å²) in [6, 6.07) is 18.6. The number of hydrogen-bond donors (Lipinski definition) is 0. The number of nitrogens with zero attached hydrogens (tertiary/aromatic N) is 1. The third-order valence-electron chi connectivity index (χ3n) is 6.96. The smallest absolute Gasteiger partial charge is 0.133 e. The summed E-state index contributed by atoms with van der Waals surface area (Å²) in [5.74, 6) is 2.18. The van der Waals surface area contributed by atoms with Crippen LogP contribution >= 0.6 is 0 Å². The number of benzene rings is 2. The molecule has 3 nitrogen and oxygen atoms in total. The van der Waals surface area contributed by atoms with Gasteiger partial charge in [-0.05, 0) is 82.6 Å². The van der Waals surface area contributed by atoms with Crippen molar-refractivity contribution in [2.24, 2.45) is 16.8 Å². The van der Waals surface area contributed by atoms with Crippen LogP contribution in [0.3, 0.4) is 0 Å². The molecule has 0 aliphatic heterocycles. The van der Waals surface area contributed by atoms with Gasteiger partial charge in [-0.3, -0.25) is 9.79 Å². The van der Waals surface area contributed by atoms with Gasteiger partial charge in [0.25, 0.3) is 0 Å². The van der Waals surface area contributed by atoms with Gasteiger partial charge in [0.1, 0.15) is 11.5 Å². The number of ketones is 1. The number of carbonyl (C=O) groups excluding carboxylic acids is 1. The number of hydrogen-bond acceptors (Lipinski definition) is 3. The van der Waals surface area contributed by atoms with E-state index in [0.717, 1.165) is 49.5 Å². The molecule has 0 aromatic heterocycles. The van der Waals surface area contributed by atoms with Crippen LogP contribution in [0.25, 0.3) is 0 Å². The fraction of sp³-hybridized carbons (Fsp3) is 0.543. The van der Waals surface area contributed by atoms with Crippen molar-refractivity contribution in [2.75, 3.05) is 14.2 Å². The molecule has 2 atom stereocenters. The molecule has 0 fully saturated rings. The number of ether oxygens (including phenoxy) is 1. The number of methoxy groups -OCH3 is 1. The summed E-state index contributed by atoms with van der Waals surface area (Å²) in [5, 5.41) is 0. The van der Waals surface area contributed by atoms with Crippen molar-refractivity contribution in [1.82, 2.24) is 0 Å². The van der Waals surface area contributed by atoms with Gasteiger partial charge in [0, 0.05) is 18.7 Å². The van der Waals surface area contributed by atoms with E-state index in [9.17, 15) is 4.79 Å². The monoisotopic (exact) mass is 521 g/mol. The largest absolute Gasteiger partial charge is 0.497 e. The van der Waals surface area contributed by atoms with Crippen molar-refractivity contribution in [3.63, 3.8) is 0 Å². The Morgan fingerprint density at radius 1 is 0.921 bits per heavy atom. The van der Waals surface area contributed by atoms with Crippen molar-refractivity contribution >= 4 is 11.5 Å². The first-order valence-corrected chi connectivity index (χ1v) is 14.4. The van der Waals surface area contributed by atoms with Gasteiger partial charge in [-0.25, -0.2) is 0 Å². The fourth-order valence-corrected chi connectivity index (χ4v) is 4.18. The molecule has 212 valence electrons. The average Bonchev–Trinajstić information content (AvgIpc) is 2.92. The summed E-state index contributed by atoms with van der Waals surface area (Å²) in [5.41, 5.74) is 6.50. The molecule has 0 aliphatic carbocycles. The summed E-state index contributed by atoms with van der Waals surface area (Å²) in [6.45, 7) is 16.9. The zero-order chi connectivity index (χ0) is 28.9. The molecule has 2 rings (SSSR count). The first kappa shape index (κ1) is 35.3. The molecule has 0 amide bonds. The van der Waals surface area contributed by atoms with Crippen LogP contribution in [0.2, 0.25) is 0 Å². The van der Waals surface area contributed by atoms with Gasteiger partial charge >= 0.3 is 0 Å². The summed E-state index contributed by atoms with van der Waals surface area (Å²) < 4.78 is 5.10. The van der Waals surface area contributed by atoms with E-state index in [4.69, 9.17) is 4.74 Å². The molecule has 0 spiro atoms. The number of rotatable bonds is 12. The van der Waals surface area contributed by atoms with Crippen molar-refractivity contribution in [3.05, 3.63) is 76.9 Å². The lowest BCUT2D eigenvalue weighted by molar-refractivity contribution is -0.120. The Hall–Kier alpha value is -2.68. The van der Waals surface area contributed by atoms with Gasteiger partial charge in [0.2, 0.25) is 0 Å². The van der Waals surface area contributed by atoms with Crippen LogP contribution in [0.4, 0.5) is 0 Å². The van der Waals surface area contributed by atoms with Gasteiger partial charge in [-0.1, -0.05) is 101 Å². The lowest BCUT2D eigenvalue weighted by atomic mass is 9.87. The Bertz CT molecular complexity index is 942. The van der Waals surface area contributed by atoms with Crippen molar-refractivity contribution in [3.8, 4) is 5.75 Å². The van der Waals surface area contributed by atoms with Gasteiger partial charge in [0.15, 0.2) is 0 Å². The Kier molecular flexibility index (Phi) is 19.8. The number of Topliss-reactive ketones (excluding diaryl/α,β-unsaturated/α-hetero) is 1. The summed E-state index contributed by atoms with van der Waals surface area (Å²) in [6.07, 6.45) is 7.55. The SMILES string of the molecule is CCC(C)Cc1ccc(OC)cc1.CCC/C(C)=C(/CC(CCC)C(C)=O)C(C)=NC.Cc1ccccc1. The minimum Gasteiger partial charge on any atom is -0.497 e. The molecule has 38 heavy (non-hydrogen) atoms.